The van der Waals surface area contributed by atoms with Crippen LogP contribution in [0.25, 0.3) is 0 Å². The lowest BCUT2D eigenvalue weighted by Gasteiger charge is -2.31. The van der Waals surface area contributed by atoms with Crippen molar-refractivity contribution < 1.29 is 22.7 Å². The highest BCUT2D eigenvalue weighted by molar-refractivity contribution is 5.79. The lowest BCUT2D eigenvalue weighted by Crippen LogP contribution is -2.48. The molecule has 1 aromatic rings. The van der Waals surface area contributed by atoms with Gasteiger partial charge in [0.15, 0.2) is 0 Å². The molecule has 122 valence electrons. The van der Waals surface area contributed by atoms with Gasteiger partial charge in [-0.1, -0.05) is 12.1 Å². The smallest absolute Gasteiger partial charge is 0.367 e. The highest BCUT2D eigenvalue weighted by Crippen LogP contribution is 2.29. The number of aryl methyl sites for hydroxylation is 1. The zero-order valence-electron chi connectivity index (χ0n) is 12.1. The number of alkyl halides is 3. The quantitative estimate of drug-likeness (QED) is 0.901. The van der Waals surface area contributed by atoms with Crippen LogP contribution in [0.4, 0.5) is 13.2 Å². The number of halogens is 3. The van der Waals surface area contributed by atoms with Gasteiger partial charge in [-0.25, -0.2) is 0 Å². The molecule has 4 nitrogen and oxygen atoms in total. The van der Waals surface area contributed by atoms with Gasteiger partial charge >= 0.3 is 6.18 Å². The number of primary amides is 1. The Labute approximate surface area is 127 Å². The minimum atomic E-state index is -4.30. The van der Waals surface area contributed by atoms with Crippen molar-refractivity contribution in [2.24, 2.45) is 5.73 Å². The Kier molecular flexibility index (Phi) is 5.42. The van der Waals surface area contributed by atoms with E-state index in [9.17, 15) is 18.0 Å². The molecule has 1 aliphatic heterocycles. The summed E-state index contributed by atoms with van der Waals surface area (Å²) in [4.78, 5) is 13.2. The number of nitrogens with zero attached hydrogens (tertiary/aromatic N) is 1. The normalized spacial score (nSPS) is 20.0. The van der Waals surface area contributed by atoms with Crippen LogP contribution < -0.4 is 5.73 Å². The lowest BCUT2D eigenvalue weighted by molar-refractivity contribution is -0.137. The number of carbonyl (C=O) groups is 1. The van der Waals surface area contributed by atoms with Crippen LogP contribution in [0.1, 0.15) is 17.5 Å². The van der Waals surface area contributed by atoms with E-state index in [1.54, 1.807) is 0 Å². The van der Waals surface area contributed by atoms with Gasteiger partial charge in [-0.15, -0.1) is 0 Å². The summed E-state index contributed by atoms with van der Waals surface area (Å²) in [6, 6.07) is 5.23. The van der Waals surface area contributed by atoms with E-state index in [0.717, 1.165) is 37.2 Å². The number of hydrogen-bond donors (Lipinski definition) is 1. The molecule has 7 heteroatoms. The molecule has 2 rings (SSSR count). The van der Waals surface area contributed by atoms with Crippen LogP contribution in [0.5, 0.6) is 0 Å². The molecule has 0 saturated carbocycles. The Bertz CT molecular complexity index is 503. The molecule has 1 fully saturated rings. The largest absolute Gasteiger partial charge is 0.416 e. The zero-order valence-corrected chi connectivity index (χ0v) is 12.1. The van der Waals surface area contributed by atoms with E-state index >= 15 is 0 Å². The van der Waals surface area contributed by atoms with Crippen LogP contribution in [0.2, 0.25) is 0 Å². The van der Waals surface area contributed by atoms with Crippen LogP contribution in [0.15, 0.2) is 24.3 Å². The van der Waals surface area contributed by atoms with Gasteiger partial charge in [0, 0.05) is 13.1 Å². The maximum Gasteiger partial charge on any atom is 0.416 e. The molecular formula is C15H19F3N2O2. The molecule has 0 spiro atoms. The third-order valence-corrected chi connectivity index (χ3v) is 3.69. The van der Waals surface area contributed by atoms with Gasteiger partial charge in [-0.05, 0) is 37.1 Å². The second-order valence-electron chi connectivity index (χ2n) is 5.36. The van der Waals surface area contributed by atoms with Crippen molar-refractivity contribution in [2.45, 2.75) is 25.1 Å². The second-order valence-corrected chi connectivity index (χ2v) is 5.36. The van der Waals surface area contributed by atoms with Crippen LogP contribution in [-0.2, 0) is 22.1 Å². The van der Waals surface area contributed by atoms with Gasteiger partial charge in [-0.3, -0.25) is 9.69 Å². The Morgan fingerprint density at radius 2 is 2.00 bits per heavy atom. The number of morpholine rings is 1. The summed E-state index contributed by atoms with van der Waals surface area (Å²) in [6.07, 6.45) is -3.37. The Hall–Kier alpha value is -1.60. The summed E-state index contributed by atoms with van der Waals surface area (Å²) in [6.45, 7) is 2.43. The van der Waals surface area contributed by atoms with E-state index in [4.69, 9.17) is 10.5 Å². The summed E-state index contributed by atoms with van der Waals surface area (Å²) in [5.41, 5.74) is 5.45. The third-order valence-electron chi connectivity index (χ3n) is 3.69. The molecule has 0 bridgehead atoms. The molecule has 0 unspecified atom stereocenters. The topological polar surface area (TPSA) is 55.6 Å². The van der Waals surface area contributed by atoms with E-state index in [1.807, 2.05) is 0 Å². The number of carbonyl (C=O) groups excluding carboxylic acids is 1. The first-order valence-electron chi connectivity index (χ1n) is 7.15. The highest BCUT2D eigenvalue weighted by atomic mass is 19.4. The highest BCUT2D eigenvalue weighted by Gasteiger charge is 2.30. The average Bonchev–Trinajstić information content (AvgIpc) is 2.47. The van der Waals surface area contributed by atoms with Crippen LogP contribution in [0.3, 0.4) is 0 Å². The van der Waals surface area contributed by atoms with Crippen LogP contribution >= 0.6 is 0 Å². The number of ether oxygens (including phenoxy) is 1. The fraction of sp³-hybridized carbons (Fsp3) is 0.533. The molecule has 1 aliphatic rings. The molecule has 0 aliphatic carbocycles. The van der Waals surface area contributed by atoms with Crippen LogP contribution in [-0.4, -0.2) is 43.2 Å². The third kappa shape index (κ3) is 4.71. The molecule has 0 radical (unpaired) electrons. The van der Waals surface area contributed by atoms with Crippen molar-refractivity contribution in [2.75, 3.05) is 26.2 Å². The predicted molar refractivity (Wildman–Crippen MR) is 75.1 cm³/mol. The summed E-state index contributed by atoms with van der Waals surface area (Å²) in [5.74, 6) is -0.465. The molecule has 22 heavy (non-hydrogen) atoms. The number of rotatable bonds is 5. The Balaban J connectivity index is 1.78. The zero-order chi connectivity index (χ0) is 16.2. The first kappa shape index (κ1) is 16.8. The monoisotopic (exact) mass is 316 g/mol. The lowest BCUT2D eigenvalue weighted by atomic mass is 10.1. The van der Waals surface area contributed by atoms with Gasteiger partial charge in [0.2, 0.25) is 5.91 Å². The maximum absolute atomic E-state index is 12.5. The molecule has 1 atom stereocenters. The molecule has 2 N–H and O–H groups in total. The molecule has 1 amide bonds. The first-order chi connectivity index (χ1) is 10.4. The summed E-state index contributed by atoms with van der Waals surface area (Å²) < 4.78 is 42.6. The van der Waals surface area contributed by atoms with Crippen molar-refractivity contribution in [3.63, 3.8) is 0 Å². The van der Waals surface area contributed by atoms with Crippen LogP contribution in [0, 0.1) is 0 Å². The summed E-state index contributed by atoms with van der Waals surface area (Å²) in [5, 5.41) is 0. The predicted octanol–water partition coefficient (Wildman–Crippen LogP) is 1.82. The standard InChI is InChI=1S/C15H19F3N2O2/c16-15(17,18)12-5-3-11(4-6-12)2-1-7-20-8-9-22-13(10-20)14(19)21/h3-6,13H,1-2,7-10H2,(H2,19,21)/t13-/m1/s1. The van der Waals surface area contributed by atoms with E-state index in [2.05, 4.69) is 4.90 Å². The molecule has 0 aromatic heterocycles. The van der Waals surface area contributed by atoms with Gasteiger partial charge in [0.25, 0.3) is 0 Å². The molecule has 1 heterocycles. The average molecular weight is 316 g/mol. The van der Waals surface area contributed by atoms with Crippen molar-refractivity contribution in [3.05, 3.63) is 35.4 Å². The number of benzene rings is 1. The molecule has 1 aromatic carbocycles. The Morgan fingerprint density at radius 3 is 2.59 bits per heavy atom. The van der Waals surface area contributed by atoms with E-state index in [0.29, 0.717) is 19.6 Å². The van der Waals surface area contributed by atoms with Gasteiger partial charge in [0.05, 0.1) is 12.2 Å². The van der Waals surface area contributed by atoms with Gasteiger partial charge < -0.3 is 10.5 Å². The van der Waals surface area contributed by atoms with Crippen molar-refractivity contribution in [3.8, 4) is 0 Å². The molecule has 1 saturated heterocycles. The second kappa shape index (κ2) is 7.11. The molecular weight excluding hydrogens is 297 g/mol. The number of amides is 1. The number of nitrogens with two attached hydrogens (primary N) is 1. The van der Waals surface area contributed by atoms with E-state index < -0.39 is 23.8 Å². The van der Waals surface area contributed by atoms with Crippen molar-refractivity contribution >= 4 is 5.91 Å². The fourth-order valence-electron chi connectivity index (χ4n) is 2.44. The maximum atomic E-state index is 12.5. The minimum Gasteiger partial charge on any atom is -0.367 e. The van der Waals surface area contributed by atoms with Crippen molar-refractivity contribution in [1.82, 2.24) is 4.90 Å². The van der Waals surface area contributed by atoms with Crippen molar-refractivity contribution in [1.29, 1.82) is 0 Å². The van der Waals surface area contributed by atoms with E-state index in [1.165, 1.54) is 12.1 Å². The SMILES string of the molecule is NC(=O)[C@H]1CN(CCCc2ccc(C(F)(F)F)cc2)CCO1. The fourth-order valence-corrected chi connectivity index (χ4v) is 2.44. The Morgan fingerprint density at radius 1 is 1.32 bits per heavy atom. The minimum absolute atomic E-state index is 0.465. The summed E-state index contributed by atoms with van der Waals surface area (Å²) >= 11 is 0. The van der Waals surface area contributed by atoms with E-state index in [-0.39, 0.29) is 0 Å². The summed E-state index contributed by atoms with van der Waals surface area (Å²) in [7, 11) is 0. The van der Waals surface area contributed by atoms with Gasteiger partial charge in [0.1, 0.15) is 6.10 Å². The number of hydrogen-bond acceptors (Lipinski definition) is 3. The first-order valence-corrected chi connectivity index (χ1v) is 7.15. The van der Waals surface area contributed by atoms with Gasteiger partial charge in [-0.2, -0.15) is 13.2 Å².